The van der Waals surface area contributed by atoms with Gasteiger partial charge in [-0.15, -0.1) is 0 Å². The topological polar surface area (TPSA) is 72.9 Å². The minimum atomic E-state index is -0.126. The lowest BCUT2D eigenvalue weighted by Gasteiger charge is -2.22. The monoisotopic (exact) mass is 340 g/mol. The predicted octanol–water partition coefficient (Wildman–Crippen LogP) is 1.96. The van der Waals surface area contributed by atoms with Gasteiger partial charge in [-0.3, -0.25) is 9.78 Å². The molecule has 1 saturated heterocycles. The number of rotatable bonds is 3. The number of amides is 1. The summed E-state index contributed by atoms with van der Waals surface area (Å²) in [7, 11) is 0. The van der Waals surface area contributed by atoms with E-state index in [0.717, 1.165) is 17.6 Å². The normalized spacial score (nSPS) is 18.4. The first-order valence-electron chi connectivity index (χ1n) is 8.40. The number of aromatic nitrogens is 3. The molecule has 0 saturated carbocycles. The van der Waals surface area contributed by atoms with Crippen molar-refractivity contribution in [2.45, 2.75) is 13.3 Å². The number of carbonyl (C=O) groups excluding carboxylic acids is 1. The molecule has 1 amide bonds. The highest BCUT2D eigenvalue weighted by Crippen LogP contribution is 2.19. The van der Waals surface area contributed by atoms with Gasteiger partial charge in [-0.25, -0.2) is 4.98 Å². The molecule has 1 fully saturated rings. The van der Waals surface area contributed by atoms with Crippen molar-refractivity contribution >= 4 is 11.4 Å². The maximum absolute atomic E-state index is 12.7. The Labute approximate surface area is 145 Å². The summed E-state index contributed by atoms with van der Waals surface area (Å²) in [4.78, 5) is 23.1. The van der Waals surface area contributed by atoms with Gasteiger partial charge in [-0.05, 0) is 25.5 Å². The fraction of sp³-hybridized carbons (Fsp3) is 0.389. The standard InChI is InChI=1S/C18H20N4O3/c1-13-17(25-12-20-13)18(23)22-7-8-24-11-14(10-22)9-15-16-3-2-5-21(16)6-4-19-15/h2-6,12,14H,7-11H2,1H3/t14-/m1/s1. The average Bonchev–Trinajstić information content (AvgIpc) is 3.19. The molecule has 0 spiro atoms. The van der Waals surface area contributed by atoms with Crippen molar-refractivity contribution in [3.63, 3.8) is 0 Å². The first-order chi connectivity index (χ1) is 12.2. The third-order valence-electron chi connectivity index (χ3n) is 4.58. The highest BCUT2D eigenvalue weighted by molar-refractivity contribution is 5.92. The van der Waals surface area contributed by atoms with Crippen molar-refractivity contribution in [3.8, 4) is 0 Å². The third-order valence-corrected chi connectivity index (χ3v) is 4.58. The minimum absolute atomic E-state index is 0.126. The number of aryl methyl sites for hydroxylation is 1. The average molecular weight is 340 g/mol. The van der Waals surface area contributed by atoms with Crippen LogP contribution < -0.4 is 0 Å². The number of fused-ring (bicyclic) bond motifs is 1. The van der Waals surface area contributed by atoms with E-state index in [4.69, 9.17) is 9.15 Å². The smallest absolute Gasteiger partial charge is 0.291 e. The van der Waals surface area contributed by atoms with E-state index in [1.54, 1.807) is 18.0 Å². The lowest BCUT2D eigenvalue weighted by Crippen LogP contribution is -2.36. The van der Waals surface area contributed by atoms with Crippen LogP contribution >= 0.6 is 0 Å². The van der Waals surface area contributed by atoms with Crippen LogP contribution in [0.1, 0.15) is 21.9 Å². The second kappa shape index (κ2) is 6.68. The van der Waals surface area contributed by atoms with E-state index in [0.29, 0.717) is 37.8 Å². The lowest BCUT2D eigenvalue weighted by atomic mass is 10.0. The van der Waals surface area contributed by atoms with Gasteiger partial charge < -0.3 is 18.5 Å². The molecular formula is C18H20N4O3. The van der Waals surface area contributed by atoms with Crippen molar-refractivity contribution in [2.75, 3.05) is 26.3 Å². The summed E-state index contributed by atoms with van der Waals surface area (Å²) < 4.78 is 13.0. The molecule has 3 aromatic heterocycles. The van der Waals surface area contributed by atoms with Crippen LogP contribution in [0.2, 0.25) is 0 Å². The Morgan fingerprint density at radius 1 is 1.36 bits per heavy atom. The quantitative estimate of drug-likeness (QED) is 0.729. The van der Waals surface area contributed by atoms with Gasteiger partial charge in [0.2, 0.25) is 5.76 Å². The maximum Gasteiger partial charge on any atom is 0.291 e. The molecule has 3 aromatic rings. The van der Waals surface area contributed by atoms with Gasteiger partial charge in [0, 0.05) is 37.6 Å². The molecule has 0 unspecified atom stereocenters. The molecule has 130 valence electrons. The Bertz CT molecular complexity index is 885. The maximum atomic E-state index is 12.7. The van der Waals surface area contributed by atoms with E-state index >= 15 is 0 Å². The van der Waals surface area contributed by atoms with E-state index in [1.807, 2.05) is 18.5 Å². The summed E-state index contributed by atoms with van der Waals surface area (Å²) in [5, 5.41) is 0. The van der Waals surface area contributed by atoms with Crippen molar-refractivity contribution in [1.29, 1.82) is 0 Å². The zero-order valence-corrected chi connectivity index (χ0v) is 14.1. The summed E-state index contributed by atoms with van der Waals surface area (Å²) in [6.45, 7) is 4.08. The van der Waals surface area contributed by atoms with E-state index in [2.05, 4.69) is 20.4 Å². The second-order valence-electron chi connectivity index (χ2n) is 6.34. The minimum Gasteiger partial charge on any atom is -0.438 e. The molecule has 1 atom stereocenters. The Balaban J connectivity index is 1.53. The molecule has 0 aromatic carbocycles. The number of oxazole rings is 1. The largest absolute Gasteiger partial charge is 0.438 e. The van der Waals surface area contributed by atoms with Gasteiger partial charge in [0.25, 0.3) is 5.91 Å². The predicted molar refractivity (Wildman–Crippen MR) is 90.3 cm³/mol. The van der Waals surface area contributed by atoms with Crippen molar-refractivity contribution in [1.82, 2.24) is 19.3 Å². The Morgan fingerprint density at radius 3 is 3.12 bits per heavy atom. The Kier molecular flexibility index (Phi) is 4.23. The number of hydrogen-bond donors (Lipinski definition) is 0. The highest BCUT2D eigenvalue weighted by Gasteiger charge is 2.27. The van der Waals surface area contributed by atoms with Crippen molar-refractivity contribution in [3.05, 3.63) is 54.3 Å². The number of nitrogens with zero attached hydrogens (tertiary/aromatic N) is 4. The molecule has 0 radical (unpaired) electrons. The van der Waals surface area contributed by atoms with Crippen molar-refractivity contribution in [2.24, 2.45) is 5.92 Å². The Morgan fingerprint density at radius 2 is 2.28 bits per heavy atom. The van der Waals surface area contributed by atoms with E-state index in [9.17, 15) is 4.79 Å². The summed E-state index contributed by atoms with van der Waals surface area (Å²) in [5.74, 6) is 0.370. The Hall–Kier alpha value is -2.67. The van der Waals surface area contributed by atoms with Crippen LogP contribution in [0, 0.1) is 12.8 Å². The molecule has 0 aliphatic carbocycles. The van der Waals surface area contributed by atoms with Crippen LogP contribution in [0.5, 0.6) is 0 Å². The van der Waals surface area contributed by atoms with E-state index in [1.165, 1.54) is 6.39 Å². The summed E-state index contributed by atoms with van der Waals surface area (Å²) in [6.07, 6.45) is 7.82. The second-order valence-corrected chi connectivity index (χ2v) is 6.34. The molecule has 4 heterocycles. The molecule has 1 aliphatic rings. The number of carbonyl (C=O) groups is 1. The summed E-state index contributed by atoms with van der Waals surface area (Å²) >= 11 is 0. The van der Waals surface area contributed by atoms with Gasteiger partial charge >= 0.3 is 0 Å². The lowest BCUT2D eigenvalue weighted by molar-refractivity contribution is 0.0704. The van der Waals surface area contributed by atoms with Gasteiger partial charge in [0.15, 0.2) is 6.39 Å². The van der Waals surface area contributed by atoms with Crippen LogP contribution in [0.15, 0.2) is 41.5 Å². The summed E-state index contributed by atoms with van der Waals surface area (Å²) in [5.41, 5.74) is 2.73. The van der Waals surface area contributed by atoms with Gasteiger partial charge in [-0.1, -0.05) is 0 Å². The molecule has 7 nitrogen and oxygen atoms in total. The van der Waals surface area contributed by atoms with Crippen LogP contribution in [-0.2, 0) is 11.2 Å². The fourth-order valence-corrected chi connectivity index (χ4v) is 3.30. The number of ether oxygens (including phenoxy) is 1. The van der Waals surface area contributed by atoms with E-state index < -0.39 is 0 Å². The fourth-order valence-electron chi connectivity index (χ4n) is 3.30. The SMILES string of the molecule is Cc1ncoc1C(=O)N1CCOC[C@H](Cc2nccn3cccc23)C1. The van der Waals surface area contributed by atoms with Gasteiger partial charge in [-0.2, -0.15) is 0 Å². The van der Waals surface area contributed by atoms with Crippen molar-refractivity contribution < 1.29 is 13.9 Å². The molecule has 1 aliphatic heterocycles. The highest BCUT2D eigenvalue weighted by atomic mass is 16.5. The first kappa shape index (κ1) is 15.8. The number of hydrogen-bond acceptors (Lipinski definition) is 5. The van der Waals surface area contributed by atoms with Crippen LogP contribution in [-0.4, -0.2) is 51.5 Å². The molecule has 4 rings (SSSR count). The van der Waals surface area contributed by atoms with Crippen LogP contribution in [0.25, 0.3) is 5.52 Å². The van der Waals surface area contributed by atoms with E-state index in [-0.39, 0.29) is 11.8 Å². The zero-order chi connectivity index (χ0) is 17.2. The third kappa shape index (κ3) is 3.15. The molecule has 7 heteroatoms. The van der Waals surface area contributed by atoms with Crippen LogP contribution in [0.4, 0.5) is 0 Å². The van der Waals surface area contributed by atoms with Crippen LogP contribution in [0.3, 0.4) is 0 Å². The molecular weight excluding hydrogens is 320 g/mol. The zero-order valence-electron chi connectivity index (χ0n) is 14.1. The molecule has 0 N–H and O–H groups in total. The first-order valence-corrected chi connectivity index (χ1v) is 8.40. The van der Waals surface area contributed by atoms with Gasteiger partial charge in [0.1, 0.15) is 0 Å². The molecule has 0 bridgehead atoms. The molecule has 25 heavy (non-hydrogen) atoms. The summed E-state index contributed by atoms with van der Waals surface area (Å²) in [6, 6.07) is 4.06. The van der Waals surface area contributed by atoms with Gasteiger partial charge in [0.05, 0.1) is 30.1 Å².